The van der Waals surface area contributed by atoms with E-state index in [-0.39, 0.29) is 16.3 Å². The maximum atomic E-state index is 12.0. The van der Waals surface area contributed by atoms with E-state index in [0.29, 0.717) is 9.47 Å². The van der Waals surface area contributed by atoms with Gasteiger partial charge >= 0.3 is 0 Å². The summed E-state index contributed by atoms with van der Waals surface area (Å²) in [6.45, 7) is 0. The van der Waals surface area contributed by atoms with Crippen molar-refractivity contribution < 1.29 is 9.72 Å². The summed E-state index contributed by atoms with van der Waals surface area (Å²) >= 11 is 8.48. The topological polar surface area (TPSA) is 98.0 Å². The van der Waals surface area contributed by atoms with Gasteiger partial charge in [-0.2, -0.15) is 0 Å². The van der Waals surface area contributed by atoms with Crippen LogP contribution in [0.1, 0.15) is 10.4 Å². The van der Waals surface area contributed by atoms with Gasteiger partial charge in [0, 0.05) is 12.1 Å². The number of nitrogens with zero attached hydrogens (tertiary/aromatic N) is 3. The molecule has 0 aliphatic heterocycles. The molecule has 0 bridgehead atoms. The third-order valence-corrected chi connectivity index (χ3v) is 4.35. The van der Waals surface area contributed by atoms with Crippen molar-refractivity contribution in [3.05, 3.63) is 38.9 Å². The molecule has 1 aromatic heterocycles. The summed E-state index contributed by atoms with van der Waals surface area (Å²) in [4.78, 5) is 22.1. The van der Waals surface area contributed by atoms with E-state index in [1.54, 1.807) is 0 Å². The highest BCUT2D eigenvalue weighted by Gasteiger charge is 2.17. The maximum Gasteiger partial charge on any atom is 0.270 e. The molecule has 0 unspecified atom stereocenters. The minimum Gasteiger partial charge on any atom is -0.296 e. The summed E-state index contributed by atoms with van der Waals surface area (Å²) in [6.07, 6.45) is 1.84. The minimum atomic E-state index is -0.593. The third-order valence-electron chi connectivity index (χ3n) is 2.21. The predicted molar refractivity (Wildman–Crippen MR) is 77.7 cm³/mol. The van der Waals surface area contributed by atoms with Gasteiger partial charge in [0.1, 0.15) is 0 Å². The Kier molecular flexibility index (Phi) is 4.53. The van der Waals surface area contributed by atoms with E-state index in [4.69, 9.17) is 11.6 Å². The Morgan fingerprint density at radius 3 is 2.85 bits per heavy atom. The second kappa shape index (κ2) is 6.16. The van der Waals surface area contributed by atoms with Gasteiger partial charge in [-0.05, 0) is 12.3 Å². The first kappa shape index (κ1) is 14.7. The van der Waals surface area contributed by atoms with E-state index in [0.717, 1.165) is 6.07 Å². The Bertz CT molecular complexity index is 676. The number of carbonyl (C=O) groups is 1. The lowest BCUT2D eigenvalue weighted by molar-refractivity contribution is -0.384. The zero-order valence-electron chi connectivity index (χ0n) is 9.99. The SMILES string of the molecule is CSc1nnc(NC(=O)c2cc([N+](=O)[O-])ccc2Cl)s1. The van der Waals surface area contributed by atoms with E-state index in [1.807, 2.05) is 6.26 Å². The number of nitro benzene ring substituents is 1. The minimum absolute atomic E-state index is 0.0155. The first-order valence-electron chi connectivity index (χ1n) is 5.14. The second-order valence-corrected chi connectivity index (χ2v) is 5.89. The van der Waals surface area contributed by atoms with Gasteiger partial charge in [-0.3, -0.25) is 20.2 Å². The summed E-state index contributed by atoms with van der Waals surface area (Å²) < 4.78 is 0.699. The van der Waals surface area contributed by atoms with Crippen molar-refractivity contribution in [2.45, 2.75) is 4.34 Å². The van der Waals surface area contributed by atoms with Crippen LogP contribution in [-0.4, -0.2) is 27.3 Å². The van der Waals surface area contributed by atoms with Gasteiger partial charge in [-0.15, -0.1) is 10.2 Å². The lowest BCUT2D eigenvalue weighted by Gasteiger charge is -2.03. The van der Waals surface area contributed by atoms with Crippen molar-refractivity contribution in [1.82, 2.24) is 10.2 Å². The van der Waals surface area contributed by atoms with Gasteiger partial charge in [0.15, 0.2) is 4.34 Å². The van der Waals surface area contributed by atoms with E-state index in [1.165, 1.54) is 35.2 Å². The molecule has 1 amide bonds. The molecule has 0 saturated carbocycles. The number of hydrogen-bond donors (Lipinski definition) is 1. The van der Waals surface area contributed by atoms with E-state index >= 15 is 0 Å². The first-order chi connectivity index (χ1) is 9.51. The summed E-state index contributed by atoms with van der Waals surface area (Å²) in [5, 5.41) is 21.2. The molecule has 0 saturated heterocycles. The van der Waals surface area contributed by atoms with Crippen LogP contribution in [-0.2, 0) is 0 Å². The van der Waals surface area contributed by atoms with Crippen molar-refractivity contribution in [2.24, 2.45) is 0 Å². The van der Waals surface area contributed by atoms with E-state index < -0.39 is 10.8 Å². The molecule has 0 fully saturated rings. The Hall–Kier alpha value is -1.71. The predicted octanol–water partition coefficient (Wildman–Crippen LogP) is 3.07. The zero-order chi connectivity index (χ0) is 14.7. The quantitative estimate of drug-likeness (QED) is 0.400. The molecular weight excluding hydrogens is 324 g/mol. The number of anilines is 1. The van der Waals surface area contributed by atoms with Crippen LogP contribution < -0.4 is 5.32 Å². The molecule has 10 heteroatoms. The number of carbonyl (C=O) groups excluding carboxylic acids is 1. The summed E-state index contributed by atoms with van der Waals surface area (Å²) in [6, 6.07) is 3.66. The molecule has 1 heterocycles. The molecule has 1 aromatic carbocycles. The molecule has 0 aliphatic rings. The van der Waals surface area contributed by atoms with E-state index in [9.17, 15) is 14.9 Å². The number of hydrogen-bond acceptors (Lipinski definition) is 7. The lowest BCUT2D eigenvalue weighted by atomic mass is 10.2. The fourth-order valence-electron chi connectivity index (χ4n) is 1.31. The first-order valence-corrected chi connectivity index (χ1v) is 7.56. The molecule has 0 radical (unpaired) electrons. The number of thioether (sulfide) groups is 1. The van der Waals surface area contributed by atoms with Gasteiger partial charge in [0.25, 0.3) is 11.6 Å². The molecule has 20 heavy (non-hydrogen) atoms. The summed E-state index contributed by atoms with van der Waals surface area (Å²) in [5.74, 6) is -0.567. The Balaban J connectivity index is 2.24. The fourth-order valence-corrected chi connectivity index (χ4v) is 2.68. The number of amides is 1. The average molecular weight is 331 g/mol. The molecule has 2 rings (SSSR count). The monoisotopic (exact) mass is 330 g/mol. The highest BCUT2D eigenvalue weighted by molar-refractivity contribution is 8.00. The van der Waals surface area contributed by atoms with Crippen molar-refractivity contribution in [2.75, 3.05) is 11.6 Å². The molecular formula is C10H7ClN4O3S2. The highest BCUT2D eigenvalue weighted by Crippen LogP contribution is 2.26. The standard InChI is InChI=1S/C10H7ClN4O3S2/c1-19-10-14-13-9(20-10)12-8(16)6-4-5(15(17)18)2-3-7(6)11/h2-4H,1H3,(H,12,13,16). The number of non-ortho nitro benzene ring substituents is 1. The van der Waals surface area contributed by atoms with Crippen LogP contribution in [0.5, 0.6) is 0 Å². The van der Waals surface area contributed by atoms with Gasteiger partial charge < -0.3 is 0 Å². The normalized spacial score (nSPS) is 10.3. The van der Waals surface area contributed by atoms with Crippen LogP contribution in [0.15, 0.2) is 22.5 Å². The molecule has 2 aromatic rings. The molecule has 0 aliphatic carbocycles. The third kappa shape index (κ3) is 3.24. The van der Waals surface area contributed by atoms with Crippen molar-refractivity contribution >= 4 is 51.4 Å². The second-order valence-electron chi connectivity index (χ2n) is 3.45. The molecule has 7 nitrogen and oxygen atoms in total. The maximum absolute atomic E-state index is 12.0. The Labute approximate surface area is 126 Å². The molecule has 0 atom stereocenters. The number of benzene rings is 1. The van der Waals surface area contributed by atoms with Gasteiger partial charge in [0.05, 0.1) is 15.5 Å². The van der Waals surface area contributed by atoms with Gasteiger partial charge in [0.2, 0.25) is 5.13 Å². The van der Waals surface area contributed by atoms with Crippen molar-refractivity contribution in [3.8, 4) is 0 Å². The van der Waals surface area contributed by atoms with Crippen LogP contribution in [0, 0.1) is 10.1 Å². The van der Waals surface area contributed by atoms with Crippen LogP contribution in [0.2, 0.25) is 5.02 Å². The number of nitro groups is 1. The molecule has 104 valence electrons. The summed E-state index contributed by atoms with van der Waals surface area (Å²) in [7, 11) is 0. The number of rotatable bonds is 4. The van der Waals surface area contributed by atoms with Gasteiger partial charge in [-0.1, -0.05) is 34.7 Å². The number of halogens is 1. The lowest BCUT2D eigenvalue weighted by Crippen LogP contribution is -2.12. The van der Waals surface area contributed by atoms with Crippen molar-refractivity contribution in [1.29, 1.82) is 0 Å². The van der Waals surface area contributed by atoms with E-state index in [2.05, 4.69) is 15.5 Å². The average Bonchev–Trinajstić information content (AvgIpc) is 2.86. The fraction of sp³-hybridized carbons (Fsp3) is 0.100. The Morgan fingerprint density at radius 2 is 2.25 bits per heavy atom. The Morgan fingerprint density at radius 1 is 1.50 bits per heavy atom. The van der Waals surface area contributed by atoms with Crippen LogP contribution >= 0.6 is 34.7 Å². The zero-order valence-corrected chi connectivity index (χ0v) is 12.4. The highest BCUT2D eigenvalue weighted by atomic mass is 35.5. The smallest absolute Gasteiger partial charge is 0.270 e. The molecule has 1 N–H and O–H groups in total. The number of nitrogens with one attached hydrogen (secondary N) is 1. The van der Waals surface area contributed by atoms with Gasteiger partial charge in [-0.25, -0.2) is 0 Å². The summed E-state index contributed by atoms with van der Waals surface area (Å²) in [5.41, 5.74) is -0.191. The largest absolute Gasteiger partial charge is 0.296 e. The molecule has 0 spiro atoms. The van der Waals surface area contributed by atoms with Crippen LogP contribution in [0.3, 0.4) is 0 Å². The van der Waals surface area contributed by atoms with Crippen LogP contribution in [0.4, 0.5) is 10.8 Å². The van der Waals surface area contributed by atoms with Crippen molar-refractivity contribution in [3.63, 3.8) is 0 Å². The number of aromatic nitrogens is 2. The van der Waals surface area contributed by atoms with Crippen LogP contribution in [0.25, 0.3) is 0 Å².